The van der Waals surface area contributed by atoms with Gasteiger partial charge in [0.2, 0.25) is 11.8 Å². The van der Waals surface area contributed by atoms with E-state index in [1.165, 1.54) is 4.90 Å². The molecular weight excluding hydrogens is 850 g/mol. The number of halogens is 1. The van der Waals surface area contributed by atoms with Crippen LogP contribution in [0, 0.1) is 29.1 Å². The number of hydrogen-bond donors (Lipinski definition) is 4. The van der Waals surface area contributed by atoms with Gasteiger partial charge in [0.1, 0.15) is 30.0 Å². The maximum absolute atomic E-state index is 13.6. The van der Waals surface area contributed by atoms with Crippen molar-refractivity contribution in [3.8, 4) is 22.3 Å². The lowest BCUT2D eigenvalue weighted by molar-refractivity contribution is -0.164. The fraction of sp³-hybridized carbons (Fsp3) is 0.490. The standard InChI is InChI=1S/C49H62ClN7O6S/c1-29(33-14-16-34(17-15-33)42-30(2)53-28-64-42)54-44(60)40-24-37(58)27-57(40)45(61)41(52)31(3)62-23-9-21-56(8)22-20-32-10-12-35(13-11-32)43(59)55-46-48(4,5)47(49(46,6)7)63-38-19-18-36(26-51)39(50)25-38/h10-19,25,28-29,31,37,40-41,46-47,58H,9,20-24,27,52H2,1-8H3,(H,54,60)(H,55,59)/t29-,31+,37+,40-,41-,46-,47-/m0/s1. The van der Waals surface area contributed by atoms with Crippen molar-refractivity contribution >= 4 is 40.7 Å². The van der Waals surface area contributed by atoms with Crippen LogP contribution < -0.4 is 21.1 Å². The third-order valence-corrected chi connectivity index (χ3v) is 14.2. The number of carbonyl (C=O) groups is 3. The Morgan fingerprint density at radius 1 is 1.06 bits per heavy atom. The molecule has 1 aromatic heterocycles. The monoisotopic (exact) mass is 911 g/mol. The molecule has 64 heavy (non-hydrogen) atoms. The van der Waals surface area contributed by atoms with E-state index >= 15 is 0 Å². The lowest BCUT2D eigenvalue weighted by atomic mass is 9.49. The fourth-order valence-electron chi connectivity index (χ4n) is 9.37. The van der Waals surface area contributed by atoms with Gasteiger partial charge in [0.25, 0.3) is 5.91 Å². The fourth-order valence-corrected chi connectivity index (χ4v) is 10.4. The normalized spacial score (nSPS) is 21.3. The van der Waals surface area contributed by atoms with E-state index in [2.05, 4.69) is 54.3 Å². The molecule has 1 aliphatic heterocycles. The third kappa shape index (κ3) is 11.0. The van der Waals surface area contributed by atoms with E-state index in [1.54, 1.807) is 36.5 Å². The summed E-state index contributed by atoms with van der Waals surface area (Å²) in [6.07, 6.45) is 0.0312. The van der Waals surface area contributed by atoms with Gasteiger partial charge in [0.05, 0.1) is 44.9 Å². The number of ether oxygens (including phenoxy) is 2. The first-order valence-electron chi connectivity index (χ1n) is 21.9. The van der Waals surface area contributed by atoms with E-state index in [4.69, 9.17) is 26.8 Å². The molecule has 15 heteroatoms. The van der Waals surface area contributed by atoms with E-state index in [-0.39, 0.29) is 53.8 Å². The summed E-state index contributed by atoms with van der Waals surface area (Å²) in [5.41, 5.74) is 12.5. The quantitative estimate of drug-likeness (QED) is 0.0785. The summed E-state index contributed by atoms with van der Waals surface area (Å²) < 4.78 is 12.4. The van der Waals surface area contributed by atoms with Crippen LogP contribution in [0.2, 0.25) is 5.02 Å². The largest absolute Gasteiger partial charge is 0.489 e. The van der Waals surface area contributed by atoms with E-state index < -0.39 is 30.2 Å². The Morgan fingerprint density at radius 3 is 2.38 bits per heavy atom. The maximum Gasteiger partial charge on any atom is 0.251 e. The maximum atomic E-state index is 13.6. The predicted octanol–water partition coefficient (Wildman–Crippen LogP) is 6.69. The average Bonchev–Trinajstić information content (AvgIpc) is 3.89. The molecule has 5 N–H and O–H groups in total. The Morgan fingerprint density at radius 2 is 1.75 bits per heavy atom. The summed E-state index contributed by atoms with van der Waals surface area (Å²) in [7, 11) is 2.04. The van der Waals surface area contributed by atoms with Gasteiger partial charge in [-0.3, -0.25) is 14.4 Å². The van der Waals surface area contributed by atoms with Gasteiger partial charge in [0.15, 0.2) is 0 Å². The highest BCUT2D eigenvalue weighted by molar-refractivity contribution is 7.13. The molecule has 3 aromatic carbocycles. The summed E-state index contributed by atoms with van der Waals surface area (Å²) in [6, 6.07) is 20.5. The van der Waals surface area contributed by atoms with Crippen LogP contribution in [0.1, 0.15) is 93.2 Å². The van der Waals surface area contributed by atoms with Gasteiger partial charge >= 0.3 is 0 Å². The van der Waals surface area contributed by atoms with Crippen molar-refractivity contribution in [2.75, 3.05) is 33.3 Å². The molecule has 3 amide bonds. The molecular formula is C49H62ClN7O6S. The molecule has 4 aromatic rings. The average molecular weight is 913 g/mol. The Balaban J connectivity index is 0.898. The van der Waals surface area contributed by atoms with E-state index in [0.29, 0.717) is 28.5 Å². The number of nitriles is 1. The number of carbonyl (C=O) groups excluding carboxylic acids is 3. The number of nitrogens with zero attached hydrogens (tertiary/aromatic N) is 4. The Hall–Kier alpha value is -4.88. The van der Waals surface area contributed by atoms with Gasteiger partial charge in [-0.15, -0.1) is 11.3 Å². The molecule has 2 aliphatic rings. The number of rotatable bonds is 18. The second-order valence-corrected chi connectivity index (χ2v) is 19.8. The number of likely N-dealkylation sites (tertiary alicyclic amines) is 1. The van der Waals surface area contributed by atoms with E-state index in [9.17, 15) is 24.8 Å². The Kier molecular flexibility index (Phi) is 15.6. The number of thiazole rings is 1. The van der Waals surface area contributed by atoms with Crippen molar-refractivity contribution < 1.29 is 29.0 Å². The predicted molar refractivity (Wildman–Crippen MR) is 250 cm³/mol. The first kappa shape index (κ1) is 48.6. The first-order valence-corrected chi connectivity index (χ1v) is 23.2. The molecule has 13 nitrogen and oxygen atoms in total. The zero-order valence-corrected chi connectivity index (χ0v) is 39.6. The van der Waals surface area contributed by atoms with Crippen LogP contribution in [0.15, 0.2) is 72.2 Å². The lowest BCUT2D eigenvalue weighted by Crippen LogP contribution is -2.74. The molecule has 2 fully saturated rings. The first-order chi connectivity index (χ1) is 30.3. The number of β-amino-alcohol motifs (C(OH)–C–C–N with tert-alkyl or cyclic N) is 1. The molecule has 1 saturated carbocycles. The van der Waals surface area contributed by atoms with Gasteiger partial charge < -0.3 is 40.7 Å². The number of nitrogens with one attached hydrogen (secondary N) is 2. The van der Waals surface area contributed by atoms with Crippen molar-refractivity contribution in [1.82, 2.24) is 25.4 Å². The van der Waals surface area contributed by atoms with Gasteiger partial charge in [-0.2, -0.15) is 5.26 Å². The summed E-state index contributed by atoms with van der Waals surface area (Å²) in [5.74, 6) is -0.317. The van der Waals surface area contributed by atoms with Crippen LogP contribution in [0.25, 0.3) is 10.4 Å². The number of aryl methyl sites for hydroxylation is 1. The van der Waals surface area contributed by atoms with Crippen LogP contribution >= 0.6 is 22.9 Å². The smallest absolute Gasteiger partial charge is 0.251 e. The SMILES string of the molecule is Cc1ncsc1-c1ccc([C@H](C)NC(=O)[C@@H]2C[C@@H](O)CN2C(=O)[C@@H](N)[C@@H](C)OCCCN(C)CCc2ccc(C(=O)N[C@H]3C(C)(C)[C@H](Oc4ccc(C#N)c(Cl)c4)C3(C)C)cc2)cc1. The molecule has 342 valence electrons. The highest BCUT2D eigenvalue weighted by atomic mass is 35.5. The molecule has 6 rings (SSSR count). The Bertz CT molecular complexity index is 2300. The second-order valence-electron chi connectivity index (χ2n) is 18.5. The second kappa shape index (κ2) is 20.5. The van der Waals surface area contributed by atoms with Crippen molar-refractivity contribution in [2.24, 2.45) is 16.6 Å². The number of aliphatic hydroxyl groups is 1. The molecule has 0 radical (unpaired) electrons. The van der Waals surface area contributed by atoms with Crippen LogP contribution in [0.5, 0.6) is 5.75 Å². The molecule has 0 unspecified atom stereocenters. The van der Waals surface area contributed by atoms with Crippen molar-refractivity contribution in [1.29, 1.82) is 5.26 Å². The topological polar surface area (TPSA) is 183 Å². The summed E-state index contributed by atoms with van der Waals surface area (Å²) in [5, 5.41) is 26.3. The van der Waals surface area contributed by atoms with Gasteiger partial charge in [-0.05, 0) is 81.6 Å². The molecule has 0 spiro atoms. The number of hydrogen-bond acceptors (Lipinski definition) is 11. The highest BCUT2D eigenvalue weighted by Gasteiger charge is 2.64. The number of nitrogens with two attached hydrogens (primary N) is 1. The number of amides is 3. The summed E-state index contributed by atoms with van der Waals surface area (Å²) >= 11 is 7.83. The molecule has 1 saturated heterocycles. The van der Waals surface area contributed by atoms with Crippen LogP contribution in [0.3, 0.4) is 0 Å². The molecule has 1 aliphatic carbocycles. The number of aromatic nitrogens is 1. The van der Waals surface area contributed by atoms with E-state index in [1.807, 2.05) is 74.9 Å². The highest BCUT2D eigenvalue weighted by Crippen LogP contribution is 2.55. The van der Waals surface area contributed by atoms with E-state index in [0.717, 1.165) is 53.2 Å². The van der Waals surface area contributed by atoms with Gasteiger partial charge in [0, 0.05) is 61.2 Å². The third-order valence-electron chi connectivity index (χ3n) is 12.9. The van der Waals surface area contributed by atoms with Gasteiger partial charge in [-0.1, -0.05) is 75.7 Å². The number of likely N-dealkylation sites (N-methyl/N-ethyl adjacent to an activating group) is 1. The molecule has 5 atom stereocenters. The zero-order chi connectivity index (χ0) is 46.5. The zero-order valence-electron chi connectivity index (χ0n) is 38.1. The summed E-state index contributed by atoms with van der Waals surface area (Å²) in [6.45, 7) is 15.9. The number of benzene rings is 3. The lowest BCUT2D eigenvalue weighted by Gasteiger charge is -2.63. The summed E-state index contributed by atoms with van der Waals surface area (Å²) in [4.78, 5) is 49.5. The van der Waals surface area contributed by atoms with Gasteiger partial charge in [-0.25, -0.2) is 4.98 Å². The molecule has 0 bridgehead atoms. The van der Waals surface area contributed by atoms with Crippen LogP contribution in [-0.2, 0) is 20.7 Å². The van der Waals surface area contributed by atoms with Crippen molar-refractivity contribution in [3.05, 3.63) is 105 Å². The molecule has 2 heterocycles. The minimum atomic E-state index is -0.999. The van der Waals surface area contributed by atoms with Crippen LogP contribution in [-0.4, -0.2) is 107 Å². The Labute approximate surface area is 386 Å². The van der Waals surface area contributed by atoms with Crippen molar-refractivity contribution in [2.45, 2.75) is 110 Å². The minimum Gasteiger partial charge on any atom is -0.489 e. The minimum absolute atomic E-state index is 0.0300. The van der Waals surface area contributed by atoms with Crippen molar-refractivity contribution in [3.63, 3.8) is 0 Å². The number of aliphatic hydroxyl groups excluding tert-OH is 1. The van der Waals surface area contributed by atoms with Crippen LogP contribution in [0.4, 0.5) is 0 Å².